The maximum Gasteiger partial charge on any atom is 0.330 e. The molecule has 0 aliphatic heterocycles. The number of fused-ring (bicyclic) bond motifs is 1. The number of aromatic nitrogens is 4. The molecule has 0 fully saturated rings. The van der Waals surface area contributed by atoms with Gasteiger partial charge in [-0.25, -0.2) is 9.78 Å². The van der Waals surface area contributed by atoms with Crippen LogP contribution in [0.1, 0.15) is 46.4 Å². The number of nitrogens with zero attached hydrogens (tertiary/aromatic N) is 4. The van der Waals surface area contributed by atoms with E-state index in [0.29, 0.717) is 29.7 Å². The SMILES string of the molecule is CCCCn1c(N)c(N(CC)C(=O)CN(Cc2nc3ccccc3c(=O)[nH]2)C(C)C)c(=O)[nH]c1=O. The monoisotopic (exact) mass is 483 g/mol. The van der Waals surface area contributed by atoms with Crippen molar-refractivity contribution in [3.8, 4) is 0 Å². The lowest BCUT2D eigenvalue weighted by molar-refractivity contribution is -0.120. The van der Waals surface area contributed by atoms with E-state index in [-0.39, 0.29) is 48.6 Å². The summed E-state index contributed by atoms with van der Waals surface area (Å²) in [5.74, 6) is 0.0463. The van der Waals surface area contributed by atoms with E-state index < -0.39 is 11.2 Å². The van der Waals surface area contributed by atoms with Crippen LogP contribution in [0, 0.1) is 0 Å². The van der Waals surface area contributed by atoms with Gasteiger partial charge in [-0.2, -0.15) is 0 Å². The smallest absolute Gasteiger partial charge is 0.330 e. The zero-order chi connectivity index (χ0) is 25.7. The Morgan fingerprint density at radius 1 is 1.11 bits per heavy atom. The van der Waals surface area contributed by atoms with Gasteiger partial charge in [0.15, 0.2) is 5.69 Å². The molecule has 0 unspecified atom stereocenters. The molecule has 2 aromatic heterocycles. The highest BCUT2D eigenvalue weighted by molar-refractivity contribution is 5.96. The van der Waals surface area contributed by atoms with Crippen LogP contribution in [-0.2, 0) is 17.9 Å². The van der Waals surface area contributed by atoms with E-state index in [2.05, 4.69) is 15.0 Å². The number of H-pyrrole nitrogens is 2. The fourth-order valence-electron chi connectivity index (χ4n) is 3.92. The molecule has 1 aromatic carbocycles. The zero-order valence-electron chi connectivity index (χ0n) is 20.6. The molecule has 35 heavy (non-hydrogen) atoms. The van der Waals surface area contributed by atoms with Gasteiger partial charge >= 0.3 is 5.69 Å². The number of hydrogen-bond donors (Lipinski definition) is 3. The summed E-state index contributed by atoms with van der Waals surface area (Å²) in [7, 11) is 0. The molecule has 188 valence electrons. The van der Waals surface area contributed by atoms with Crippen molar-refractivity contribution in [2.24, 2.45) is 0 Å². The molecule has 0 saturated heterocycles. The van der Waals surface area contributed by atoms with Crippen LogP contribution in [0.4, 0.5) is 11.5 Å². The largest absolute Gasteiger partial charge is 0.383 e. The highest BCUT2D eigenvalue weighted by atomic mass is 16.2. The summed E-state index contributed by atoms with van der Waals surface area (Å²) in [4.78, 5) is 63.5. The Morgan fingerprint density at radius 2 is 1.83 bits per heavy atom. The van der Waals surface area contributed by atoms with Crippen molar-refractivity contribution in [2.45, 2.75) is 59.7 Å². The first-order valence-electron chi connectivity index (χ1n) is 11.8. The Balaban J connectivity index is 1.90. The van der Waals surface area contributed by atoms with E-state index in [1.54, 1.807) is 25.1 Å². The number of unbranched alkanes of at least 4 members (excludes halogenated alkanes) is 1. The highest BCUT2D eigenvalue weighted by Gasteiger charge is 2.26. The molecule has 0 bridgehead atoms. The third-order valence-electron chi connectivity index (χ3n) is 5.92. The molecule has 3 aromatic rings. The maximum atomic E-state index is 13.4. The summed E-state index contributed by atoms with van der Waals surface area (Å²) < 4.78 is 1.29. The number of anilines is 2. The van der Waals surface area contributed by atoms with Crippen molar-refractivity contribution in [1.82, 2.24) is 24.4 Å². The van der Waals surface area contributed by atoms with E-state index in [9.17, 15) is 19.2 Å². The van der Waals surface area contributed by atoms with Gasteiger partial charge in [0, 0.05) is 19.1 Å². The second-order valence-corrected chi connectivity index (χ2v) is 8.66. The molecule has 1 amide bonds. The predicted molar refractivity (Wildman–Crippen MR) is 137 cm³/mol. The van der Waals surface area contributed by atoms with Gasteiger partial charge in [-0.15, -0.1) is 0 Å². The molecule has 11 heteroatoms. The van der Waals surface area contributed by atoms with Crippen molar-refractivity contribution in [2.75, 3.05) is 23.7 Å². The Labute approximate surface area is 202 Å². The maximum absolute atomic E-state index is 13.4. The van der Waals surface area contributed by atoms with Gasteiger partial charge in [-0.3, -0.25) is 28.8 Å². The minimum Gasteiger partial charge on any atom is -0.383 e. The average Bonchev–Trinajstić information content (AvgIpc) is 2.81. The topological polar surface area (TPSA) is 150 Å². The summed E-state index contributed by atoms with van der Waals surface area (Å²) in [6.45, 7) is 8.28. The molecule has 0 spiro atoms. The summed E-state index contributed by atoms with van der Waals surface area (Å²) in [5.41, 5.74) is 5.21. The summed E-state index contributed by atoms with van der Waals surface area (Å²) in [6, 6.07) is 6.98. The Kier molecular flexibility index (Phi) is 8.23. The van der Waals surface area contributed by atoms with E-state index in [0.717, 1.165) is 6.42 Å². The first-order valence-corrected chi connectivity index (χ1v) is 11.8. The number of carbonyl (C=O) groups excluding carboxylic acids is 1. The minimum absolute atomic E-state index is 0.0287. The number of aromatic amines is 2. The minimum atomic E-state index is -0.702. The number of amides is 1. The van der Waals surface area contributed by atoms with Gasteiger partial charge in [0.2, 0.25) is 5.91 Å². The molecular weight excluding hydrogens is 450 g/mol. The molecule has 0 saturated carbocycles. The van der Waals surface area contributed by atoms with Gasteiger partial charge < -0.3 is 15.6 Å². The van der Waals surface area contributed by atoms with Crippen molar-refractivity contribution >= 4 is 28.3 Å². The molecule has 0 radical (unpaired) electrons. The van der Waals surface area contributed by atoms with Gasteiger partial charge in [0.05, 0.1) is 24.0 Å². The quantitative estimate of drug-likeness (QED) is 0.395. The number of likely N-dealkylation sites (N-methyl/N-ethyl adjacent to an activating group) is 1. The van der Waals surface area contributed by atoms with Gasteiger partial charge in [0.1, 0.15) is 11.6 Å². The number of rotatable bonds is 10. The third-order valence-corrected chi connectivity index (χ3v) is 5.92. The van der Waals surface area contributed by atoms with E-state index >= 15 is 0 Å². The molecule has 2 heterocycles. The number of nitrogen functional groups attached to an aromatic ring is 1. The van der Waals surface area contributed by atoms with Crippen molar-refractivity contribution in [3.63, 3.8) is 0 Å². The van der Waals surface area contributed by atoms with Crippen molar-refractivity contribution < 1.29 is 4.79 Å². The van der Waals surface area contributed by atoms with Crippen LogP contribution < -0.4 is 27.4 Å². The lowest BCUT2D eigenvalue weighted by Gasteiger charge is -2.29. The van der Waals surface area contributed by atoms with Crippen LogP contribution in [0.25, 0.3) is 10.9 Å². The van der Waals surface area contributed by atoms with Crippen LogP contribution in [0.15, 0.2) is 38.6 Å². The van der Waals surface area contributed by atoms with Crippen molar-refractivity contribution in [3.05, 3.63) is 61.3 Å². The lowest BCUT2D eigenvalue weighted by Crippen LogP contribution is -2.46. The summed E-state index contributed by atoms with van der Waals surface area (Å²) in [5, 5.41) is 0.494. The van der Waals surface area contributed by atoms with Crippen molar-refractivity contribution in [1.29, 1.82) is 0 Å². The second kappa shape index (κ2) is 11.1. The molecule has 11 nitrogen and oxygen atoms in total. The summed E-state index contributed by atoms with van der Waals surface area (Å²) in [6.07, 6.45) is 1.54. The van der Waals surface area contributed by atoms with E-state index in [4.69, 9.17) is 5.73 Å². The number of hydrogen-bond acceptors (Lipinski definition) is 7. The number of carbonyl (C=O) groups is 1. The number of nitrogens with two attached hydrogens (primary N) is 1. The molecule has 0 aliphatic rings. The van der Waals surface area contributed by atoms with E-state index in [1.165, 1.54) is 9.47 Å². The molecule has 4 N–H and O–H groups in total. The Hall–Kier alpha value is -3.73. The standard InChI is InChI=1S/C24H33N7O4/c1-5-7-12-31-21(25)20(23(34)28-24(31)35)30(6-2)19(32)14-29(15(3)4)13-18-26-17-11-9-8-10-16(17)22(33)27-18/h8-11,15H,5-7,12-14,25H2,1-4H3,(H,26,27,33)(H,28,34,35). The first kappa shape index (κ1) is 25.9. The lowest BCUT2D eigenvalue weighted by atomic mass is 10.2. The third kappa shape index (κ3) is 5.68. The first-order chi connectivity index (χ1) is 16.7. The second-order valence-electron chi connectivity index (χ2n) is 8.66. The average molecular weight is 484 g/mol. The van der Waals surface area contributed by atoms with Crippen LogP contribution in [0.3, 0.4) is 0 Å². The molecule has 0 aliphatic carbocycles. The molecular formula is C24H33N7O4. The van der Waals surface area contributed by atoms with E-state index in [1.807, 2.05) is 31.7 Å². The highest BCUT2D eigenvalue weighted by Crippen LogP contribution is 2.18. The fraction of sp³-hybridized carbons (Fsp3) is 0.458. The molecule has 3 rings (SSSR count). The van der Waals surface area contributed by atoms with Crippen LogP contribution in [0.5, 0.6) is 0 Å². The zero-order valence-corrected chi connectivity index (χ0v) is 20.6. The predicted octanol–water partition coefficient (Wildman–Crippen LogP) is 1.42. The van der Waals surface area contributed by atoms with Gasteiger partial charge in [-0.1, -0.05) is 25.5 Å². The van der Waals surface area contributed by atoms with Crippen LogP contribution >= 0.6 is 0 Å². The molecule has 0 atom stereocenters. The number of nitrogens with one attached hydrogen (secondary N) is 2. The number of benzene rings is 1. The van der Waals surface area contributed by atoms with Crippen LogP contribution in [-0.4, -0.2) is 49.5 Å². The summed E-state index contributed by atoms with van der Waals surface area (Å²) >= 11 is 0. The Morgan fingerprint density at radius 3 is 2.49 bits per heavy atom. The van der Waals surface area contributed by atoms with Gasteiger partial charge in [0.25, 0.3) is 11.1 Å². The van der Waals surface area contributed by atoms with Gasteiger partial charge in [-0.05, 0) is 39.3 Å². The Bertz CT molecular complexity index is 1370. The van der Waals surface area contributed by atoms with Crippen LogP contribution in [0.2, 0.25) is 0 Å². The fourth-order valence-corrected chi connectivity index (χ4v) is 3.92. The number of para-hydroxylation sites is 1. The normalized spacial score (nSPS) is 11.5.